The fourth-order valence-corrected chi connectivity index (χ4v) is 5.19. The Morgan fingerprint density at radius 2 is 1.97 bits per heavy atom. The first-order chi connectivity index (χ1) is 17.0. The Labute approximate surface area is 210 Å². The van der Waals surface area contributed by atoms with Crippen molar-refractivity contribution in [1.29, 1.82) is 0 Å². The van der Waals surface area contributed by atoms with E-state index in [2.05, 4.69) is 25.3 Å². The number of ether oxygens (including phenoxy) is 2. The quantitative estimate of drug-likeness (QED) is 0.393. The predicted octanol–water partition coefficient (Wildman–Crippen LogP) is 5.04. The molecule has 1 aliphatic heterocycles. The first-order valence-electron chi connectivity index (χ1n) is 11.9. The fourth-order valence-electron chi connectivity index (χ4n) is 4.26. The summed E-state index contributed by atoms with van der Waals surface area (Å²) in [6.07, 6.45) is 3.07. The molecule has 3 aromatic rings. The molecule has 0 radical (unpaired) electrons. The van der Waals surface area contributed by atoms with Gasteiger partial charge in [0.25, 0.3) is 5.91 Å². The number of hydrogen-bond donors (Lipinski definition) is 0. The minimum atomic E-state index is -0.265. The summed E-state index contributed by atoms with van der Waals surface area (Å²) in [5.74, 6) is 1.57. The van der Waals surface area contributed by atoms with Crippen LogP contribution in [-0.4, -0.2) is 55.0 Å². The van der Waals surface area contributed by atoms with E-state index in [1.165, 1.54) is 11.1 Å². The highest BCUT2D eigenvalue weighted by molar-refractivity contribution is 7.10. The van der Waals surface area contributed by atoms with Crippen LogP contribution in [0.25, 0.3) is 0 Å². The van der Waals surface area contributed by atoms with Gasteiger partial charge >= 0.3 is 0 Å². The molecular weight excluding hydrogens is 464 g/mol. The Morgan fingerprint density at radius 3 is 2.69 bits per heavy atom. The van der Waals surface area contributed by atoms with E-state index >= 15 is 0 Å². The number of nitrogens with zero attached hydrogens (tertiary/aromatic N) is 2. The maximum atomic E-state index is 13.6. The Kier molecular flexibility index (Phi) is 8.13. The van der Waals surface area contributed by atoms with Gasteiger partial charge < -0.3 is 23.7 Å². The number of para-hydroxylation sites is 2. The highest BCUT2D eigenvalue weighted by Crippen LogP contribution is 2.35. The van der Waals surface area contributed by atoms with Gasteiger partial charge in [-0.2, -0.15) is 0 Å². The molecule has 186 valence electrons. The lowest BCUT2D eigenvalue weighted by Gasteiger charge is -2.37. The van der Waals surface area contributed by atoms with Crippen LogP contribution in [0.15, 0.2) is 58.5 Å². The standard InChI is InChI=1S/C27H32N2O5S/c1-19(2)10-13-28(27(31)24-9-6-15-33-24)17-26(30)29-14-11-25-20(12-16-35-25)21(29)18-34-23-8-5-4-7-22(23)32-3/h4-9,12,15-16,19,21H,10-11,13-14,17-18H2,1-3H3/t21-/m1/s1. The van der Waals surface area contributed by atoms with Gasteiger partial charge in [-0.25, -0.2) is 0 Å². The highest BCUT2D eigenvalue weighted by Gasteiger charge is 2.34. The smallest absolute Gasteiger partial charge is 0.290 e. The lowest BCUT2D eigenvalue weighted by molar-refractivity contribution is -0.135. The van der Waals surface area contributed by atoms with Gasteiger partial charge in [-0.1, -0.05) is 26.0 Å². The van der Waals surface area contributed by atoms with E-state index < -0.39 is 0 Å². The molecule has 4 rings (SSSR count). The van der Waals surface area contributed by atoms with Gasteiger partial charge in [-0.3, -0.25) is 9.59 Å². The molecule has 8 heteroatoms. The van der Waals surface area contributed by atoms with Crippen LogP contribution in [0, 0.1) is 5.92 Å². The molecule has 2 amide bonds. The highest BCUT2D eigenvalue weighted by atomic mass is 32.1. The molecule has 0 spiro atoms. The second-order valence-electron chi connectivity index (χ2n) is 9.00. The number of carbonyl (C=O) groups is 2. The van der Waals surface area contributed by atoms with Crippen molar-refractivity contribution in [3.63, 3.8) is 0 Å². The van der Waals surface area contributed by atoms with Crippen molar-refractivity contribution in [3.05, 3.63) is 70.3 Å². The van der Waals surface area contributed by atoms with Crippen molar-refractivity contribution in [1.82, 2.24) is 9.80 Å². The first kappa shape index (κ1) is 24.9. The van der Waals surface area contributed by atoms with Crippen molar-refractivity contribution in [2.45, 2.75) is 32.7 Å². The third kappa shape index (κ3) is 5.88. The zero-order valence-corrected chi connectivity index (χ0v) is 21.3. The average Bonchev–Trinajstić information content (AvgIpc) is 3.57. The second kappa shape index (κ2) is 11.4. The van der Waals surface area contributed by atoms with Crippen molar-refractivity contribution in [2.24, 2.45) is 5.92 Å². The maximum absolute atomic E-state index is 13.6. The van der Waals surface area contributed by atoms with E-state index in [-0.39, 0.29) is 30.2 Å². The van der Waals surface area contributed by atoms with Gasteiger partial charge in [0.1, 0.15) is 13.2 Å². The van der Waals surface area contributed by atoms with Crippen molar-refractivity contribution < 1.29 is 23.5 Å². The molecule has 0 fully saturated rings. The monoisotopic (exact) mass is 496 g/mol. The van der Waals surface area contributed by atoms with Gasteiger partial charge in [-0.05, 0) is 60.0 Å². The summed E-state index contributed by atoms with van der Waals surface area (Å²) in [4.78, 5) is 31.4. The molecule has 35 heavy (non-hydrogen) atoms. The second-order valence-corrected chi connectivity index (χ2v) is 10.0. The molecule has 2 aromatic heterocycles. The van der Waals surface area contributed by atoms with E-state index in [0.29, 0.717) is 37.1 Å². The topological polar surface area (TPSA) is 72.2 Å². The van der Waals surface area contributed by atoms with Crippen molar-refractivity contribution in [2.75, 3.05) is 33.4 Å². The van der Waals surface area contributed by atoms with Crippen LogP contribution < -0.4 is 9.47 Å². The Morgan fingerprint density at radius 1 is 1.17 bits per heavy atom. The van der Waals surface area contributed by atoms with Crippen LogP contribution in [0.3, 0.4) is 0 Å². The lowest BCUT2D eigenvalue weighted by Crippen LogP contribution is -2.48. The number of benzene rings is 1. The number of carbonyl (C=O) groups excluding carboxylic acids is 2. The number of thiophene rings is 1. The lowest BCUT2D eigenvalue weighted by atomic mass is 10.00. The van der Waals surface area contributed by atoms with Crippen LogP contribution in [-0.2, 0) is 11.2 Å². The summed E-state index contributed by atoms with van der Waals surface area (Å²) in [5, 5.41) is 2.06. The van der Waals surface area contributed by atoms with Crippen LogP contribution in [0.4, 0.5) is 0 Å². The number of methoxy groups -OCH3 is 1. The number of fused-ring (bicyclic) bond motifs is 1. The maximum Gasteiger partial charge on any atom is 0.290 e. The van der Waals surface area contributed by atoms with Crippen molar-refractivity contribution in [3.8, 4) is 11.5 Å². The summed E-state index contributed by atoms with van der Waals surface area (Å²) in [7, 11) is 1.61. The summed E-state index contributed by atoms with van der Waals surface area (Å²) < 4.78 is 16.9. The van der Waals surface area contributed by atoms with Gasteiger partial charge in [-0.15, -0.1) is 11.3 Å². The van der Waals surface area contributed by atoms with E-state index in [9.17, 15) is 9.59 Å². The van der Waals surface area contributed by atoms with Gasteiger partial charge in [0.05, 0.1) is 19.4 Å². The number of rotatable bonds is 10. The van der Waals surface area contributed by atoms with Crippen molar-refractivity contribution >= 4 is 23.2 Å². The summed E-state index contributed by atoms with van der Waals surface area (Å²) >= 11 is 1.71. The zero-order chi connectivity index (χ0) is 24.8. The molecular formula is C27H32N2O5S. The predicted molar refractivity (Wildman–Crippen MR) is 135 cm³/mol. The molecule has 1 aromatic carbocycles. The molecule has 0 unspecified atom stereocenters. The molecule has 0 aliphatic carbocycles. The number of furan rings is 1. The molecule has 7 nitrogen and oxygen atoms in total. The Balaban J connectivity index is 1.53. The summed E-state index contributed by atoms with van der Waals surface area (Å²) in [6, 6.07) is 12.6. The molecule has 0 saturated carbocycles. The molecule has 1 atom stereocenters. The summed E-state index contributed by atoms with van der Waals surface area (Å²) in [6.45, 7) is 5.57. The van der Waals surface area contributed by atoms with Crippen LogP contribution in [0.2, 0.25) is 0 Å². The van der Waals surface area contributed by atoms with Crippen LogP contribution in [0.5, 0.6) is 11.5 Å². The zero-order valence-electron chi connectivity index (χ0n) is 20.4. The summed E-state index contributed by atoms with van der Waals surface area (Å²) in [5.41, 5.74) is 1.11. The van der Waals surface area contributed by atoms with E-state index in [1.54, 1.807) is 35.5 Å². The third-order valence-electron chi connectivity index (χ3n) is 6.20. The SMILES string of the molecule is COc1ccccc1OC[C@@H]1c2ccsc2CCN1C(=O)CN(CCC(C)C)C(=O)c1ccco1. The van der Waals surface area contributed by atoms with Gasteiger partial charge in [0, 0.05) is 18.0 Å². The molecule has 3 heterocycles. The van der Waals surface area contributed by atoms with Gasteiger partial charge in [0.15, 0.2) is 17.3 Å². The van der Waals surface area contributed by atoms with Gasteiger partial charge in [0.2, 0.25) is 5.91 Å². The largest absolute Gasteiger partial charge is 0.493 e. The van der Waals surface area contributed by atoms with Crippen LogP contribution >= 0.6 is 11.3 Å². The number of hydrogen-bond acceptors (Lipinski definition) is 6. The first-order valence-corrected chi connectivity index (χ1v) is 12.8. The van der Waals surface area contributed by atoms with E-state index in [0.717, 1.165) is 18.4 Å². The Hall–Kier alpha value is -3.26. The molecule has 0 saturated heterocycles. The molecule has 0 N–H and O–H groups in total. The molecule has 0 bridgehead atoms. The van der Waals surface area contributed by atoms with Crippen LogP contribution in [0.1, 0.15) is 47.3 Å². The molecule has 1 aliphatic rings. The minimum Gasteiger partial charge on any atom is -0.493 e. The normalized spacial score (nSPS) is 15.1. The third-order valence-corrected chi connectivity index (χ3v) is 7.20. The number of amides is 2. The minimum absolute atomic E-state index is 0.00309. The average molecular weight is 497 g/mol. The van der Waals surface area contributed by atoms with E-state index in [4.69, 9.17) is 13.9 Å². The van der Waals surface area contributed by atoms with E-state index in [1.807, 2.05) is 29.2 Å². The Bertz CT molecular complexity index is 1120. The fraction of sp³-hybridized carbons (Fsp3) is 0.407.